The van der Waals surface area contributed by atoms with Crippen molar-refractivity contribution >= 4 is 11.9 Å². The highest BCUT2D eigenvalue weighted by molar-refractivity contribution is 5.93. The van der Waals surface area contributed by atoms with Crippen LogP contribution >= 0.6 is 0 Å². The van der Waals surface area contributed by atoms with Crippen LogP contribution < -0.4 is 5.32 Å². The van der Waals surface area contributed by atoms with E-state index in [1.165, 1.54) is 0 Å². The Kier molecular flexibility index (Phi) is 5.57. The number of benzene rings is 1. The van der Waals surface area contributed by atoms with Gasteiger partial charge in [0.15, 0.2) is 6.61 Å². The molecule has 2 aromatic rings. The Bertz CT molecular complexity index is 689. The van der Waals surface area contributed by atoms with Crippen LogP contribution in [0, 0.1) is 20.8 Å². The molecule has 23 heavy (non-hydrogen) atoms. The van der Waals surface area contributed by atoms with Gasteiger partial charge in [0.25, 0.3) is 5.91 Å². The first-order valence-electron chi connectivity index (χ1n) is 7.53. The number of ether oxygens (including phenoxy) is 1. The van der Waals surface area contributed by atoms with Crippen molar-refractivity contribution in [2.75, 3.05) is 13.2 Å². The maximum absolute atomic E-state index is 12.0. The van der Waals surface area contributed by atoms with Gasteiger partial charge in [0.05, 0.1) is 0 Å². The number of furan rings is 1. The summed E-state index contributed by atoms with van der Waals surface area (Å²) < 4.78 is 10.4. The highest BCUT2D eigenvalue weighted by Gasteiger charge is 2.20. The van der Waals surface area contributed by atoms with Crippen molar-refractivity contribution in [2.24, 2.45) is 0 Å². The van der Waals surface area contributed by atoms with Crippen molar-refractivity contribution < 1.29 is 18.7 Å². The number of carbonyl (C=O) groups is 2. The highest BCUT2D eigenvalue weighted by atomic mass is 16.5. The van der Waals surface area contributed by atoms with E-state index in [2.05, 4.69) is 5.32 Å². The third kappa shape index (κ3) is 4.45. The number of amides is 1. The first-order chi connectivity index (χ1) is 11.0. The van der Waals surface area contributed by atoms with Crippen LogP contribution in [0.4, 0.5) is 0 Å². The van der Waals surface area contributed by atoms with Gasteiger partial charge in [-0.3, -0.25) is 4.79 Å². The number of hydrogen-bond donors (Lipinski definition) is 1. The molecule has 0 aliphatic rings. The number of aryl methyl sites for hydroxylation is 2. The summed E-state index contributed by atoms with van der Waals surface area (Å²) in [6.07, 6.45) is 0.736. The molecular formula is C18H21NO4. The molecule has 0 saturated carbocycles. The first kappa shape index (κ1) is 16.8. The van der Waals surface area contributed by atoms with E-state index >= 15 is 0 Å². The van der Waals surface area contributed by atoms with E-state index in [0.717, 1.165) is 17.5 Å². The number of nitrogens with one attached hydrogen (secondary N) is 1. The fourth-order valence-electron chi connectivity index (χ4n) is 2.34. The Morgan fingerprint density at radius 2 is 1.78 bits per heavy atom. The summed E-state index contributed by atoms with van der Waals surface area (Å²) in [5.41, 5.74) is 2.29. The molecule has 0 aliphatic heterocycles. The molecule has 0 unspecified atom stereocenters. The largest absolute Gasteiger partial charge is 0.465 e. The molecule has 1 aromatic heterocycles. The summed E-state index contributed by atoms with van der Waals surface area (Å²) in [6.45, 7) is 5.49. The first-order valence-corrected chi connectivity index (χ1v) is 7.53. The molecule has 1 aromatic carbocycles. The third-order valence-corrected chi connectivity index (χ3v) is 3.68. The Morgan fingerprint density at radius 1 is 1.09 bits per heavy atom. The summed E-state index contributed by atoms with van der Waals surface area (Å²) in [4.78, 5) is 23.8. The molecule has 0 saturated heterocycles. The van der Waals surface area contributed by atoms with Crippen LogP contribution in [0.5, 0.6) is 0 Å². The summed E-state index contributed by atoms with van der Waals surface area (Å²) in [7, 11) is 0. The van der Waals surface area contributed by atoms with Crippen LogP contribution in [0.25, 0.3) is 0 Å². The quantitative estimate of drug-likeness (QED) is 0.832. The van der Waals surface area contributed by atoms with E-state index in [-0.39, 0.29) is 12.5 Å². The maximum atomic E-state index is 12.0. The normalized spacial score (nSPS) is 10.4. The molecule has 5 heteroatoms. The average Bonchev–Trinajstić information content (AvgIpc) is 2.79. The van der Waals surface area contributed by atoms with Gasteiger partial charge >= 0.3 is 5.97 Å². The molecule has 0 atom stereocenters. The van der Waals surface area contributed by atoms with Crippen LogP contribution in [-0.2, 0) is 16.0 Å². The van der Waals surface area contributed by atoms with Gasteiger partial charge in [-0.25, -0.2) is 4.79 Å². The molecular weight excluding hydrogens is 294 g/mol. The van der Waals surface area contributed by atoms with Crippen molar-refractivity contribution in [3.8, 4) is 0 Å². The van der Waals surface area contributed by atoms with Crippen LogP contribution in [0.15, 0.2) is 34.7 Å². The fraction of sp³-hybridized carbons (Fsp3) is 0.333. The minimum absolute atomic E-state index is 0.295. The van der Waals surface area contributed by atoms with E-state index < -0.39 is 5.97 Å². The molecule has 122 valence electrons. The average molecular weight is 315 g/mol. The van der Waals surface area contributed by atoms with Crippen molar-refractivity contribution in [1.29, 1.82) is 0 Å². The Labute approximate surface area is 135 Å². The second-order valence-corrected chi connectivity index (χ2v) is 5.38. The molecule has 5 nitrogen and oxygen atoms in total. The number of rotatable bonds is 6. The summed E-state index contributed by atoms with van der Waals surface area (Å²) in [5.74, 6) is 0.344. The second kappa shape index (κ2) is 7.63. The Hall–Kier alpha value is -2.56. The van der Waals surface area contributed by atoms with Crippen molar-refractivity contribution in [2.45, 2.75) is 27.2 Å². The minimum Gasteiger partial charge on any atom is -0.465 e. The summed E-state index contributed by atoms with van der Waals surface area (Å²) in [6, 6.07) is 9.86. The smallest absolute Gasteiger partial charge is 0.342 e. The second-order valence-electron chi connectivity index (χ2n) is 5.38. The van der Waals surface area contributed by atoms with Gasteiger partial charge in [-0.05, 0) is 32.8 Å². The summed E-state index contributed by atoms with van der Waals surface area (Å²) in [5, 5.41) is 2.73. The van der Waals surface area contributed by atoms with Crippen LogP contribution in [0.1, 0.15) is 33.0 Å². The lowest BCUT2D eigenvalue weighted by Gasteiger charge is -2.07. The monoisotopic (exact) mass is 315 g/mol. The lowest BCUT2D eigenvalue weighted by atomic mass is 10.1. The van der Waals surface area contributed by atoms with Crippen LogP contribution in [0.3, 0.4) is 0 Å². The van der Waals surface area contributed by atoms with Crippen molar-refractivity contribution in [3.63, 3.8) is 0 Å². The van der Waals surface area contributed by atoms with Gasteiger partial charge in [0.1, 0.15) is 17.1 Å². The molecule has 1 amide bonds. The molecule has 1 heterocycles. The van der Waals surface area contributed by atoms with E-state index in [1.807, 2.05) is 30.3 Å². The van der Waals surface area contributed by atoms with Gasteiger partial charge in [-0.2, -0.15) is 0 Å². The van der Waals surface area contributed by atoms with Crippen LogP contribution in [0.2, 0.25) is 0 Å². The van der Waals surface area contributed by atoms with Gasteiger partial charge in [0, 0.05) is 12.1 Å². The zero-order valence-corrected chi connectivity index (χ0v) is 13.6. The highest BCUT2D eigenvalue weighted by Crippen LogP contribution is 2.21. The molecule has 2 rings (SSSR count). The van der Waals surface area contributed by atoms with E-state index in [1.54, 1.807) is 20.8 Å². The predicted molar refractivity (Wildman–Crippen MR) is 86.4 cm³/mol. The zero-order chi connectivity index (χ0) is 16.8. The molecule has 0 fully saturated rings. The minimum atomic E-state index is -0.532. The molecule has 0 radical (unpaired) electrons. The number of carbonyl (C=O) groups excluding carboxylic acids is 2. The molecule has 0 aliphatic carbocycles. The lowest BCUT2D eigenvalue weighted by molar-refractivity contribution is -0.124. The van der Waals surface area contributed by atoms with Crippen molar-refractivity contribution in [3.05, 3.63) is 58.5 Å². The van der Waals surface area contributed by atoms with Gasteiger partial charge in [-0.15, -0.1) is 0 Å². The lowest BCUT2D eigenvalue weighted by Crippen LogP contribution is -2.30. The molecule has 0 spiro atoms. The van der Waals surface area contributed by atoms with E-state index in [0.29, 0.717) is 23.6 Å². The fourth-order valence-corrected chi connectivity index (χ4v) is 2.34. The zero-order valence-electron chi connectivity index (χ0n) is 13.6. The molecule has 1 N–H and O–H groups in total. The standard InChI is InChI=1S/C18H21NO4/c1-12-13(2)23-14(3)17(12)18(21)22-11-16(20)19-10-9-15-7-5-4-6-8-15/h4-8H,9-11H2,1-3H3,(H,19,20). The Morgan fingerprint density at radius 3 is 2.39 bits per heavy atom. The van der Waals surface area contributed by atoms with Gasteiger partial charge in [-0.1, -0.05) is 30.3 Å². The maximum Gasteiger partial charge on any atom is 0.342 e. The number of hydrogen-bond acceptors (Lipinski definition) is 4. The van der Waals surface area contributed by atoms with Gasteiger partial charge in [0.2, 0.25) is 0 Å². The predicted octanol–water partition coefficient (Wildman–Crippen LogP) is 2.72. The number of esters is 1. The molecule has 0 bridgehead atoms. The topological polar surface area (TPSA) is 68.5 Å². The third-order valence-electron chi connectivity index (χ3n) is 3.68. The van der Waals surface area contributed by atoms with Crippen LogP contribution in [-0.4, -0.2) is 25.0 Å². The Balaban J connectivity index is 1.77. The van der Waals surface area contributed by atoms with Gasteiger partial charge < -0.3 is 14.5 Å². The summed E-state index contributed by atoms with van der Waals surface area (Å²) >= 11 is 0. The van der Waals surface area contributed by atoms with Crippen molar-refractivity contribution in [1.82, 2.24) is 5.32 Å². The SMILES string of the molecule is Cc1oc(C)c(C(=O)OCC(=O)NCCc2ccccc2)c1C. The van der Waals surface area contributed by atoms with E-state index in [4.69, 9.17) is 9.15 Å². The van der Waals surface area contributed by atoms with E-state index in [9.17, 15) is 9.59 Å².